The van der Waals surface area contributed by atoms with Crippen molar-refractivity contribution in [2.45, 2.75) is 32.6 Å². The van der Waals surface area contributed by atoms with E-state index in [-0.39, 0.29) is 30.3 Å². The molecule has 2 atom stereocenters. The number of hydrogen-bond donors (Lipinski definition) is 1. The first-order chi connectivity index (χ1) is 11.1. The molecule has 2 rings (SSSR count). The maximum atomic E-state index is 11.9. The first kappa shape index (κ1) is 17.3. The third-order valence-electron chi connectivity index (χ3n) is 4.37. The molecule has 2 unspecified atom stereocenters. The molecule has 5 heteroatoms. The van der Waals surface area contributed by atoms with Crippen LogP contribution < -0.4 is 10.1 Å². The monoisotopic (exact) mass is 319 g/mol. The molecule has 0 radical (unpaired) electrons. The maximum absolute atomic E-state index is 11.9. The van der Waals surface area contributed by atoms with Crippen molar-refractivity contribution in [2.24, 2.45) is 11.8 Å². The minimum atomic E-state index is -0.167. The van der Waals surface area contributed by atoms with Crippen molar-refractivity contribution in [1.29, 1.82) is 0 Å². The van der Waals surface area contributed by atoms with Crippen LogP contribution in [0.3, 0.4) is 0 Å². The molecule has 1 aliphatic rings. The Labute approximate surface area is 137 Å². The lowest BCUT2D eigenvalue weighted by molar-refractivity contribution is -0.148. The van der Waals surface area contributed by atoms with Crippen LogP contribution >= 0.6 is 0 Å². The molecule has 0 saturated heterocycles. The van der Waals surface area contributed by atoms with Crippen molar-refractivity contribution in [3.63, 3.8) is 0 Å². The van der Waals surface area contributed by atoms with Crippen LogP contribution in [0.2, 0.25) is 0 Å². The van der Waals surface area contributed by atoms with Gasteiger partial charge in [0.25, 0.3) is 5.91 Å². The normalized spacial score (nSPS) is 20.6. The van der Waals surface area contributed by atoms with Crippen molar-refractivity contribution < 1.29 is 19.1 Å². The van der Waals surface area contributed by atoms with Gasteiger partial charge in [-0.15, -0.1) is 0 Å². The van der Waals surface area contributed by atoms with Crippen LogP contribution in [-0.2, 0) is 14.3 Å². The summed E-state index contributed by atoms with van der Waals surface area (Å²) in [7, 11) is 1.42. The minimum absolute atomic E-state index is 0.0152. The molecule has 1 aromatic rings. The van der Waals surface area contributed by atoms with Crippen molar-refractivity contribution >= 4 is 11.9 Å². The van der Waals surface area contributed by atoms with Crippen molar-refractivity contribution in [1.82, 2.24) is 5.32 Å². The quantitative estimate of drug-likeness (QED) is 0.818. The van der Waals surface area contributed by atoms with Crippen LogP contribution in [0.15, 0.2) is 24.3 Å². The number of carbonyl (C=O) groups excluding carboxylic acids is 2. The summed E-state index contributed by atoms with van der Waals surface area (Å²) in [6.07, 6.45) is 3.92. The van der Waals surface area contributed by atoms with Gasteiger partial charge in [-0.3, -0.25) is 9.59 Å². The second-order valence-electron chi connectivity index (χ2n) is 6.08. The third-order valence-corrected chi connectivity index (χ3v) is 4.37. The molecule has 1 saturated carbocycles. The Morgan fingerprint density at radius 2 is 1.87 bits per heavy atom. The van der Waals surface area contributed by atoms with Gasteiger partial charge in [-0.2, -0.15) is 0 Å². The standard InChI is InChI=1S/C18H25NO4/c1-13-7-9-15(10-8-13)23-12-17(20)19-11-14-5-3-4-6-16(14)18(21)22-2/h7-10,14,16H,3-6,11-12H2,1-2H3,(H,19,20). The molecule has 126 valence electrons. The SMILES string of the molecule is COC(=O)C1CCCCC1CNC(=O)COc1ccc(C)cc1. The smallest absolute Gasteiger partial charge is 0.309 e. The summed E-state index contributed by atoms with van der Waals surface area (Å²) in [5.74, 6) is 0.391. The van der Waals surface area contributed by atoms with Crippen LogP contribution in [0.5, 0.6) is 5.75 Å². The van der Waals surface area contributed by atoms with Gasteiger partial charge in [-0.25, -0.2) is 0 Å². The third kappa shape index (κ3) is 5.27. The molecule has 0 aromatic heterocycles. The van der Waals surface area contributed by atoms with E-state index >= 15 is 0 Å². The number of amides is 1. The molecule has 1 amide bonds. The van der Waals surface area contributed by atoms with Gasteiger partial charge in [-0.05, 0) is 37.8 Å². The number of esters is 1. The highest BCUT2D eigenvalue weighted by atomic mass is 16.5. The highest BCUT2D eigenvalue weighted by molar-refractivity contribution is 5.77. The number of nitrogens with one attached hydrogen (secondary N) is 1. The fourth-order valence-electron chi connectivity index (χ4n) is 2.99. The van der Waals surface area contributed by atoms with Crippen molar-refractivity contribution in [3.05, 3.63) is 29.8 Å². The number of carbonyl (C=O) groups is 2. The van der Waals surface area contributed by atoms with Gasteiger partial charge in [0.15, 0.2) is 6.61 Å². The zero-order valence-electron chi connectivity index (χ0n) is 13.8. The van der Waals surface area contributed by atoms with E-state index in [1.54, 1.807) is 0 Å². The van der Waals surface area contributed by atoms with Gasteiger partial charge in [0.2, 0.25) is 0 Å². The zero-order valence-corrected chi connectivity index (χ0v) is 13.8. The molecule has 1 aromatic carbocycles. The Kier molecular flexibility index (Phi) is 6.44. The van der Waals surface area contributed by atoms with E-state index in [1.807, 2.05) is 31.2 Å². The van der Waals surface area contributed by atoms with Crippen LogP contribution in [0, 0.1) is 18.8 Å². The van der Waals surface area contributed by atoms with E-state index in [0.717, 1.165) is 31.2 Å². The first-order valence-corrected chi connectivity index (χ1v) is 8.14. The number of benzene rings is 1. The second-order valence-corrected chi connectivity index (χ2v) is 6.08. The summed E-state index contributed by atoms with van der Waals surface area (Å²) < 4.78 is 10.3. The molecular weight excluding hydrogens is 294 g/mol. The van der Waals surface area contributed by atoms with Crippen molar-refractivity contribution in [2.75, 3.05) is 20.3 Å². The first-order valence-electron chi connectivity index (χ1n) is 8.14. The number of ether oxygens (including phenoxy) is 2. The van der Waals surface area contributed by atoms with Crippen molar-refractivity contribution in [3.8, 4) is 5.75 Å². The van der Waals surface area contributed by atoms with E-state index in [2.05, 4.69) is 5.32 Å². The summed E-state index contributed by atoms with van der Waals surface area (Å²) in [4.78, 5) is 23.7. The van der Waals surface area contributed by atoms with E-state index < -0.39 is 0 Å². The van der Waals surface area contributed by atoms with Gasteiger partial charge in [0.05, 0.1) is 13.0 Å². The predicted octanol–water partition coefficient (Wildman–Crippen LogP) is 2.47. The summed E-state index contributed by atoms with van der Waals surface area (Å²) in [5.41, 5.74) is 1.15. The Bertz CT molecular complexity index is 526. The maximum Gasteiger partial charge on any atom is 0.309 e. The lowest BCUT2D eigenvalue weighted by atomic mass is 9.79. The van der Waals surface area contributed by atoms with E-state index in [1.165, 1.54) is 7.11 Å². The molecule has 1 N–H and O–H groups in total. The highest BCUT2D eigenvalue weighted by Gasteiger charge is 2.31. The fraction of sp³-hybridized carbons (Fsp3) is 0.556. The Hall–Kier alpha value is -2.04. The highest BCUT2D eigenvalue weighted by Crippen LogP contribution is 2.30. The lowest BCUT2D eigenvalue weighted by Gasteiger charge is -2.29. The van der Waals surface area contributed by atoms with Crippen LogP contribution in [0.25, 0.3) is 0 Å². The summed E-state index contributed by atoms with van der Waals surface area (Å²) >= 11 is 0. The lowest BCUT2D eigenvalue weighted by Crippen LogP contribution is -2.39. The molecule has 1 aliphatic carbocycles. The molecule has 0 spiro atoms. The number of rotatable bonds is 6. The molecule has 23 heavy (non-hydrogen) atoms. The molecule has 1 fully saturated rings. The topological polar surface area (TPSA) is 64.6 Å². The molecule has 0 heterocycles. The Morgan fingerprint density at radius 3 is 2.57 bits per heavy atom. The van der Waals surface area contributed by atoms with Gasteiger partial charge in [-0.1, -0.05) is 30.5 Å². The molecule has 0 aliphatic heterocycles. The average Bonchev–Trinajstić information content (AvgIpc) is 2.59. The van der Waals surface area contributed by atoms with E-state index in [0.29, 0.717) is 12.3 Å². The van der Waals surface area contributed by atoms with Gasteiger partial charge in [0.1, 0.15) is 5.75 Å². The largest absolute Gasteiger partial charge is 0.484 e. The van der Waals surface area contributed by atoms with E-state index in [4.69, 9.17) is 9.47 Å². The molecule has 5 nitrogen and oxygen atoms in total. The van der Waals surface area contributed by atoms with Gasteiger partial charge >= 0.3 is 5.97 Å². The molecular formula is C18H25NO4. The predicted molar refractivity (Wildman–Crippen MR) is 87.1 cm³/mol. The summed E-state index contributed by atoms with van der Waals surface area (Å²) in [5, 5.41) is 2.87. The van der Waals surface area contributed by atoms with Crippen LogP contribution in [0.1, 0.15) is 31.2 Å². The van der Waals surface area contributed by atoms with Crippen LogP contribution in [0.4, 0.5) is 0 Å². The fourth-order valence-corrected chi connectivity index (χ4v) is 2.99. The van der Waals surface area contributed by atoms with Gasteiger partial charge < -0.3 is 14.8 Å². The second kappa shape index (κ2) is 8.56. The summed E-state index contributed by atoms with van der Waals surface area (Å²) in [6.45, 7) is 2.48. The van der Waals surface area contributed by atoms with Gasteiger partial charge in [0, 0.05) is 6.54 Å². The Morgan fingerprint density at radius 1 is 1.17 bits per heavy atom. The Balaban J connectivity index is 1.76. The number of methoxy groups -OCH3 is 1. The minimum Gasteiger partial charge on any atom is -0.484 e. The number of hydrogen-bond acceptors (Lipinski definition) is 4. The van der Waals surface area contributed by atoms with Crippen LogP contribution in [-0.4, -0.2) is 32.1 Å². The zero-order chi connectivity index (χ0) is 16.7. The van der Waals surface area contributed by atoms with E-state index in [9.17, 15) is 9.59 Å². The number of aryl methyl sites for hydroxylation is 1. The summed E-state index contributed by atoms with van der Waals surface area (Å²) in [6, 6.07) is 7.57. The average molecular weight is 319 g/mol. The molecule has 0 bridgehead atoms.